The lowest BCUT2D eigenvalue weighted by atomic mass is 10.1. The molecule has 4 nitrogen and oxygen atoms in total. The SMILES string of the molecule is CCN(C(=O)c1cc(Cl)c(OC)c(OC)c1)c1cccc2ccccc12. The second kappa shape index (κ2) is 7.67. The third kappa shape index (κ3) is 3.20. The van der Waals surface area contributed by atoms with Gasteiger partial charge in [-0.25, -0.2) is 0 Å². The van der Waals surface area contributed by atoms with Crippen LogP contribution in [-0.2, 0) is 0 Å². The summed E-state index contributed by atoms with van der Waals surface area (Å²) in [6.07, 6.45) is 0. The lowest BCUT2D eigenvalue weighted by Crippen LogP contribution is -2.30. The third-order valence-corrected chi connectivity index (χ3v) is 4.58. The first-order valence-electron chi connectivity index (χ1n) is 8.31. The highest BCUT2D eigenvalue weighted by atomic mass is 35.5. The molecule has 0 saturated heterocycles. The van der Waals surface area contributed by atoms with Gasteiger partial charge in [-0.05, 0) is 30.5 Å². The van der Waals surface area contributed by atoms with E-state index in [-0.39, 0.29) is 5.91 Å². The lowest BCUT2D eigenvalue weighted by Gasteiger charge is -2.23. The summed E-state index contributed by atoms with van der Waals surface area (Å²) in [5, 5.41) is 2.45. The van der Waals surface area contributed by atoms with Crippen molar-refractivity contribution in [3.8, 4) is 11.5 Å². The van der Waals surface area contributed by atoms with Gasteiger partial charge in [0.15, 0.2) is 11.5 Å². The molecule has 0 aliphatic rings. The minimum absolute atomic E-state index is 0.147. The van der Waals surface area contributed by atoms with E-state index >= 15 is 0 Å². The molecule has 134 valence electrons. The molecule has 3 rings (SSSR count). The molecule has 26 heavy (non-hydrogen) atoms. The third-order valence-electron chi connectivity index (χ3n) is 4.30. The number of methoxy groups -OCH3 is 2. The number of carbonyl (C=O) groups excluding carboxylic acids is 1. The second-order valence-electron chi connectivity index (χ2n) is 5.74. The molecular weight excluding hydrogens is 350 g/mol. The number of benzene rings is 3. The first-order chi connectivity index (χ1) is 12.6. The Morgan fingerprint density at radius 3 is 2.46 bits per heavy atom. The molecule has 0 unspecified atom stereocenters. The molecule has 0 aromatic heterocycles. The number of fused-ring (bicyclic) bond motifs is 1. The number of halogens is 1. The first-order valence-corrected chi connectivity index (χ1v) is 8.69. The van der Waals surface area contributed by atoms with Crippen LogP contribution in [-0.4, -0.2) is 26.7 Å². The molecule has 1 amide bonds. The van der Waals surface area contributed by atoms with Crippen molar-refractivity contribution in [3.63, 3.8) is 0 Å². The number of carbonyl (C=O) groups is 1. The van der Waals surface area contributed by atoms with E-state index in [4.69, 9.17) is 21.1 Å². The molecule has 0 saturated carbocycles. The Morgan fingerprint density at radius 1 is 1.04 bits per heavy atom. The Bertz CT molecular complexity index is 950. The minimum Gasteiger partial charge on any atom is -0.493 e. The number of hydrogen-bond acceptors (Lipinski definition) is 3. The number of nitrogens with zero attached hydrogens (tertiary/aromatic N) is 1. The molecule has 0 heterocycles. The van der Waals surface area contributed by atoms with Gasteiger partial charge < -0.3 is 14.4 Å². The predicted molar refractivity (Wildman–Crippen MR) is 106 cm³/mol. The first kappa shape index (κ1) is 18.1. The Kier molecular flexibility index (Phi) is 5.33. The number of anilines is 1. The highest BCUT2D eigenvalue weighted by Gasteiger charge is 2.21. The van der Waals surface area contributed by atoms with Gasteiger partial charge in [0.2, 0.25) is 0 Å². The molecule has 0 aliphatic heterocycles. The molecule has 0 aliphatic carbocycles. The molecule has 0 spiro atoms. The van der Waals surface area contributed by atoms with Gasteiger partial charge in [-0.3, -0.25) is 4.79 Å². The molecule has 3 aromatic rings. The van der Waals surface area contributed by atoms with Gasteiger partial charge in [0.05, 0.1) is 24.9 Å². The minimum atomic E-state index is -0.147. The van der Waals surface area contributed by atoms with Crippen LogP contribution in [0.5, 0.6) is 11.5 Å². The summed E-state index contributed by atoms with van der Waals surface area (Å²) >= 11 is 6.27. The van der Waals surface area contributed by atoms with Crippen molar-refractivity contribution in [3.05, 3.63) is 65.2 Å². The summed E-state index contributed by atoms with van der Waals surface area (Å²) in [6.45, 7) is 2.47. The number of amides is 1. The van der Waals surface area contributed by atoms with E-state index < -0.39 is 0 Å². The van der Waals surface area contributed by atoms with E-state index in [1.165, 1.54) is 14.2 Å². The fraction of sp³-hybridized carbons (Fsp3) is 0.190. The van der Waals surface area contributed by atoms with Crippen molar-refractivity contribution in [1.29, 1.82) is 0 Å². The van der Waals surface area contributed by atoms with Gasteiger partial charge in [-0.1, -0.05) is 48.0 Å². The van der Waals surface area contributed by atoms with E-state index in [9.17, 15) is 4.79 Å². The number of ether oxygens (including phenoxy) is 2. The van der Waals surface area contributed by atoms with Crippen LogP contribution in [0, 0.1) is 0 Å². The van der Waals surface area contributed by atoms with Crippen LogP contribution in [0.2, 0.25) is 5.02 Å². The van der Waals surface area contributed by atoms with Gasteiger partial charge >= 0.3 is 0 Å². The van der Waals surface area contributed by atoms with E-state index in [0.29, 0.717) is 28.6 Å². The monoisotopic (exact) mass is 369 g/mol. The summed E-state index contributed by atoms with van der Waals surface area (Å²) in [5.74, 6) is 0.697. The normalized spacial score (nSPS) is 10.6. The van der Waals surface area contributed by atoms with Crippen molar-refractivity contribution >= 4 is 34.0 Å². The maximum absolute atomic E-state index is 13.2. The van der Waals surface area contributed by atoms with Gasteiger partial charge in [-0.2, -0.15) is 0 Å². The van der Waals surface area contributed by atoms with Crippen LogP contribution in [0.3, 0.4) is 0 Å². The fourth-order valence-corrected chi connectivity index (χ4v) is 3.35. The predicted octanol–water partition coefficient (Wildman–Crippen LogP) is 5.18. The average Bonchev–Trinajstić information content (AvgIpc) is 2.67. The van der Waals surface area contributed by atoms with E-state index in [1.807, 2.05) is 49.4 Å². The quantitative estimate of drug-likeness (QED) is 0.622. The Hall–Kier alpha value is -2.72. The highest BCUT2D eigenvalue weighted by Crippen LogP contribution is 2.37. The Balaban J connectivity index is 2.09. The zero-order valence-corrected chi connectivity index (χ0v) is 15.7. The maximum Gasteiger partial charge on any atom is 0.258 e. The summed E-state index contributed by atoms with van der Waals surface area (Å²) in [4.78, 5) is 14.9. The average molecular weight is 370 g/mol. The highest BCUT2D eigenvalue weighted by molar-refractivity contribution is 6.33. The largest absolute Gasteiger partial charge is 0.493 e. The van der Waals surface area contributed by atoms with Crippen LogP contribution < -0.4 is 14.4 Å². The molecule has 0 atom stereocenters. The van der Waals surface area contributed by atoms with E-state index in [1.54, 1.807) is 17.0 Å². The number of rotatable bonds is 5. The standard InChI is InChI=1S/C21H20ClNO3/c1-4-23(18-11-7-9-14-8-5-6-10-16(14)18)21(24)15-12-17(22)20(26-3)19(13-15)25-2/h5-13H,4H2,1-3H3. The molecular formula is C21H20ClNO3. The van der Waals surface area contributed by atoms with Crippen LogP contribution in [0.4, 0.5) is 5.69 Å². The van der Waals surface area contributed by atoms with Gasteiger partial charge in [0.25, 0.3) is 5.91 Å². The molecule has 3 aromatic carbocycles. The van der Waals surface area contributed by atoms with Gasteiger partial charge in [-0.15, -0.1) is 0 Å². The molecule has 0 radical (unpaired) electrons. The number of hydrogen-bond donors (Lipinski definition) is 0. The Morgan fingerprint density at radius 2 is 1.77 bits per heavy atom. The van der Waals surface area contributed by atoms with Crippen LogP contribution in [0.25, 0.3) is 10.8 Å². The van der Waals surface area contributed by atoms with Crippen molar-refractivity contribution in [2.75, 3.05) is 25.7 Å². The molecule has 5 heteroatoms. The fourth-order valence-electron chi connectivity index (χ4n) is 3.06. The zero-order valence-electron chi connectivity index (χ0n) is 15.0. The molecule has 0 fully saturated rings. The van der Waals surface area contributed by atoms with Gasteiger partial charge in [0, 0.05) is 17.5 Å². The van der Waals surface area contributed by atoms with Crippen LogP contribution in [0.15, 0.2) is 54.6 Å². The molecule has 0 bridgehead atoms. The summed E-state index contributed by atoms with van der Waals surface area (Å²) in [5.41, 5.74) is 1.31. The van der Waals surface area contributed by atoms with Crippen molar-refractivity contribution < 1.29 is 14.3 Å². The zero-order chi connectivity index (χ0) is 18.7. The second-order valence-corrected chi connectivity index (χ2v) is 6.15. The summed E-state index contributed by atoms with van der Waals surface area (Å²) in [7, 11) is 3.03. The van der Waals surface area contributed by atoms with Crippen LogP contribution >= 0.6 is 11.6 Å². The van der Waals surface area contributed by atoms with Crippen molar-refractivity contribution in [1.82, 2.24) is 0 Å². The summed E-state index contributed by atoms with van der Waals surface area (Å²) in [6, 6.07) is 17.2. The maximum atomic E-state index is 13.2. The van der Waals surface area contributed by atoms with Crippen molar-refractivity contribution in [2.24, 2.45) is 0 Å². The Labute approximate surface area is 157 Å². The molecule has 0 N–H and O–H groups in total. The van der Waals surface area contributed by atoms with Crippen LogP contribution in [0.1, 0.15) is 17.3 Å². The topological polar surface area (TPSA) is 38.8 Å². The van der Waals surface area contributed by atoms with Crippen molar-refractivity contribution in [2.45, 2.75) is 6.92 Å². The summed E-state index contributed by atoms with van der Waals surface area (Å²) < 4.78 is 10.6. The lowest BCUT2D eigenvalue weighted by molar-refractivity contribution is 0.0988. The van der Waals surface area contributed by atoms with Gasteiger partial charge in [0.1, 0.15) is 0 Å². The smallest absolute Gasteiger partial charge is 0.258 e. The van der Waals surface area contributed by atoms with E-state index in [0.717, 1.165) is 16.5 Å². The van der Waals surface area contributed by atoms with E-state index in [2.05, 4.69) is 0 Å².